The lowest BCUT2D eigenvalue weighted by Crippen LogP contribution is -2.50. The van der Waals surface area contributed by atoms with Gasteiger partial charge in [0, 0.05) is 0 Å². The van der Waals surface area contributed by atoms with Gasteiger partial charge in [-0.15, -0.1) is 0 Å². The van der Waals surface area contributed by atoms with Crippen LogP contribution in [0.3, 0.4) is 0 Å². The average Bonchev–Trinajstić information content (AvgIpc) is 3.04. The second kappa shape index (κ2) is 7.30. The summed E-state index contributed by atoms with van der Waals surface area (Å²) in [7, 11) is 0. The first-order valence-corrected chi connectivity index (χ1v) is 11.7. The molecule has 0 saturated heterocycles. The highest BCUT2D eigenvalue weighted by atomic mass is 16.5. The monoisotopic (exact) mass is 406 g/mol. The highest BCUT2D eigenvalue weighted by Crippen LogP contribution is 2.65. The Kier molecular flexibility index (Phi) is 4.85. The second-order valence-electron chi connectivity index (χ2n) is 10.1. The first-order chi connectivity index (χ1) is 14.4. The van der Waals surface area contributed by atoms with E-state index in [4.69, 9.17) is 4.74 Å². The fourth-order valence-electron chi connectivity index (χ4n) is 7.13. The summed E-state index contributed by atoms with van der Waals surface area (Å²) < 4.78 is 6.04. The van der Waals surface area contributed by atoms with Crippen LogP contribution in [0.4, 0.5) is 0 Å². The number of hydrogen-bond donors (Lipinski definition) is 2. The van der Waals surface area contributed by atoms with Crippen molar-refractivity contribution in [3.05, 3.63) is 59.2 Å². The molecule has 5 atom stereocenters. The lowest BCUT2D eigenvalue weighted by Gasteiger charge is -2.53. The van der Waals surface area contributed by atoms with E-state index in [0.29, 0.717) is 30.1 Å². The number of aliphatic hydroxyl groups is 1. The van der Waals surface area contributed by atoms with Crippen LogP contribution in [0.2, 0.25) is 0 Å². The quantitative estimate of drug-likeness (QED) is 0.658. The predicted molar refractivity (Wildman–Crippen MR) is 119 cm³/mol. The number of benzene rings is 2. The summed E-state index contributed by atoms with van der Waals surface area (Å²) in [6, 6.07) is 14.2. The van der Waals surface area contributed by atoms with Crippen molar-refractivity contribution >= 4 is 0 Å². The van der Waals surface area contributed by atoms with Gasteiger partial charge in [-0.3, -0.25) is 0 Å². The molecule has 2 aromatic carbocycles. The summed E-state index contributed by atoms with van der Waals surface area (Å²) in [6.07, 6.45) is 7.34. The van der Waals surface area contributed by atoms with E-state index in [-0.39, 0.29) is 11.2 Å². The molecule has 0 radical (unpaired) electrons. The molecule has 3 nitrogen and oxygen atoms in total. The standard InChI is InChI=1S/C27H34O3/c1-3-27(29)14-12-23-21-10-9-19-15-24(28)25(30-17-18-7-5-4-6-8-18)16-22(19)20(21)11-13-26(23,27)2/h4-8,15-16,20-21,23,28-29H,3,9-14,17H2,1-2H3/t20-,21+,23-,26-,27-/m0/s1. The molecule has 2 saturated carbocycles. The van der Waals surface area contributed by atoms with Crippen LogP contribution in [0.5, 0.6) is 11.5 Å². The van der Waals surface area contributed by atoms with Crippen molar-refractivity contribution in [2.45, 2.75) is 76.9 Å². The summed E-state index contributed by atoms with van der Waals surface area (Å²) in [6.45, 7) is 4.96. The van der Waals surface area contributed by atoms with Gasteiger partial charge in [-0.25, -0.2) is 0 Å². The third-order valence-electron chi connectivity index (χ3n) is 8.95. The molecule has 0 bridgehead atoms. The maximum Gasteiger partial charge on any atom is 0.161 e. The van der Waals surface area contributed by atoms with Gasteiger partial charge in [0.25, 0.3) is 0 Å². The van der Waals surface area contributed by atoms with Crippen LogP contribution in [-0.2, 0) is 13.0 Å². The largest absolute Gasteiger partial charge is 0.504 e. The number of phenols is 1. The molecule has 0 aliphatic heterocycles. The third-order valence-corrected chi connectivity index (χ3v) is 8.95. The van der Waals surface area contributed by atoms with Crippen LogP contribution in [0, 0.1) is 17.3 Å². The van der Waals surface area contributed by atoms with Gasteiger partial charge in [-0.2, -0.15) is 0 Å². The minimum atomic E-state index is -0.498. The van der Waals surface area contributed by atoms with E-state index in [1.54, 1.807) is 0 Å². The molecule has 160 valence electrons. The Morgan fingerprint density at radius 1 is 1.07 bits per heavy atom. The number of hydrogen-bond acceptors (Lipinski definition) is 3. The minimum Gasteiger partial charge on any atom is -0.504 e. The Balaban J connectivity index is 1.42. The number of fused-ring (bicyclic) bond motifs is 5. The van der Waals surface area contributed by atoms with Crippen molar-refractivity contribution in [1.82, 2.24) is 0 Å². The molecule has 0 amide bonds. The highest BCUT2D eigenvalue weighted by molar-refractivity contribution is 5.49. The van der Waals surface area contributed by atoms with Gasteiger partial charge in [0.15, 0.2) is 11.5 Å². The summed E-state index contributed by atoms with van der Waals surface area (Å²) in [4.78, 5) is 0. The van der Waals surface area contributed by atoms with Crippen molar-refractivity contribution in [1.29, 1.82) is 0 Å². The van der Waals surface area contributed by atoms with Crippen molar-refractivity contribution in [2.24, 2.45) is 17.3 Å². The topological polar surface area (TPSA) is 49.7 Å². The Morgan fingerprint density at radius 2 is 1.87 bits per heavy atom. The predicted octanol–water partition coefficient (Wildman–Crippen LogP) is 5.97. The van der Waals surface area contributed by atoms with E-state index in [1.807, 2.05) is 36.4 Å². The molecular formula is C27H34O3. The Hall–Kier alpha value is -2.00. The van der Waals surface area contributed by atoms with Gasteiger partial charge >= 0.3 is 0 Å². The smallest absolute Gasteiger partial charge is 0.161 e. The lowest BCUT2D eigenvalue weighted by atomic mass is 9.53. The maximum atomic E-state index is 11.3. The van der Waals surface area contributed by atoms with E-state index in [9.17, 15) is 10.2 Å². The van der Waals surface area contributed by atoms with Crippen molar-refractivity contribution < 1.29 is 14.9 Å². The zero-order valence-electron chi connectivity index (χ0n) is 18.2. The first kappa shape index (κ1) is 19.9. The van der Waals surface area contributed by atoms with Gasteiger partial charge in [-0.05, 0) is 96.9 Å². The summed E-state index contributed by atoms with van der Waals surface area (Å²) in [5, 5.41) is 21.9. The zero-order valence-corrected chi connectivity index (χ0v) is 18.2. The van der Waals surface area contributed by atoms with E-state index in [0.717, 1.165) is 44.1 Å². The highest BCUT2D eigenvalue weighted by Gasteiger charge is 2.60. The minimum absolute atomic E-state index is 0.0456. The van der Waals surface area contributed by atoms with Gasteiger partial charge < -0.3 is 14.9 Å². The Bertz CT molecular complexity index is 923. The molecule has 30 heavy (non-hydrogen) atoms. The molecule has 2 aromatic rings. The third kappa shape index (κ3) is 2.97. The van der Waals surface area contributed by atoms with Crippen LogP contribution in [0.25, 0.3) is 0 Å². The normalized spacial score (nSPS) is 34.7. The van der Waals surface area contributed by atoms with Crippen LogP contribution >= 0.6 is 0 Å². The molecule has 3 heteroatoms. The summed E-state index contributed by atoms with van der Waals surface area (Å²) in [5.41, 5.74) is 3.31. The molecule has 0 unspecified atom stereocenters. The molecular weight excluding hydrogens is 372 g/mol. The van der Waals surface area contributed by atoms with Crippen molar-refractivity contribution in [2.75, 3.05) is 0 Å². The van der Waals surface area contributed by atoms with Gasteiger partial charge in [0.2, 0.25) is 0 Å². The zero-order chi connectivity index (χ0) is 20.9. The van der Waals surface area contributed by atoms with Gasteiger partial charge in [-0.1, -0.05) is 44.2 Å². The number of aromatic hydroxyl groups is 1. The van der Waals surface area contributed by atoms with E-state index < -0.39 is 5.60 Å². The molecule has 2 N–H and O–H groups in total. The van der Waals surface area contributed by atoms with Crippen molar-refractivity contribution in [3.63, 3.8) is 0 Å². The molecule has 0 aromatic heterocycles. The van der Waals surface area contributed by atoms with Crippen LogP contribution in [0.1, 0.15) is 75.0 Å². The number of ether oxygens (including phenoxy) is 1. The number of phenolic OH excluding ortho intramolecular Hbond substituents is 1. The summed E-state index contributed by atoms with van der Waals surface area (Å²) in [5.74, 6) is 2.60. The second-order valence-corrected chi connectivity index (χ2v) is 10.1. The molecule has 3 aliphatic rings. The maximum absolute atomic E-state index is 11.3. The van der Waals surface area contributed by atoms with E-state index >= 15 is 0 Å². The van der Waals surface area contributed by atoms with E-state index in [1.165, 1.54) is 17.5 Å². The average molecular weight is 407 g/mol. The number of aryl methyl sites for hydroxylation is 1. The Labute approximate surface area is 180 Å². The summed E-state index contributed by atoms with van der Waals surface area (Å²) >= 11 is 0. The molecule has 2 fully saturated rings. The van der Waals surface area contributed by atoms with Crippen LogP contribution in [0.15, 0.2) is 42.5 Å². The van der Waals surface area contributed by atoms with Crippen LogP contribution < -0.4 is 4.74 Å². The first-order valence-electron chi connectivity index (χ1n) is 11.7. The lowest BCUT2D eigenvalue weighted by molar-refractivity contribution is -0.104. The van der Waals surface area contributed by atoms with Gasteiger partial charge in [0.05, 0.1) is 5.60 Å². The van der Waals surface area contributed by atoms with Crippen LogP contribution in [-0.4, -0.2) is 15.8 Å². The fourth-order valence-corrected chi connectivity index (χ4v) is 7.13. The Morgan fingerprint density at radius 3 is 2.63 bits per heavy atom. The SMILES string of the molecule is CC[C@]1(O)CC[C@H]2[C@@H]3CCc4cc(O)c(OCc5ccccc5)cc4[C@H]3CC[C@@]21C. The molecule has 0 heterocycles. The molecule has 3 aliphatic carbocycles. The number of rotatable bonds is 4. The molecule has 0 spiro atoms. The van der Waals surface area contributed by atoms with Gasteiger partial charge in [0.1, 0.15) is 6.61 Å². The fraction of sp³-hybridized carbons (Fsp3) is 0.556. The van der Waals surface area contributed by atoms with E-state index in [2.05, 4.69) is 19.9 Å². The molecule has 5 rings (SSSR count). The van der Waals surface area contributed by atoms with Crippen molar-refractivity contribution in [3.8, 4) is 11.5 Å².